The number of aliphatic hydroxyl groups excluding tert-OH is 1. The van der Waals surface area contributed by atoms with Gasteiger partial charge in [0.05, 0.1) is 6.61 Å². The lowest BCUT2D eigenvalue weighted by molar-refractivity contribution is 0.301. The van der Waals surface area contributed by atoms with Gasteiger partial charge in [0.2, 0.25) is 0 Å². The zero-order chi connectivity index (χ0) is 10.4. The van der Waals surface area contributed by atoms with Gasteiger partial charge in [-0.25, -0.2) is 13.1 Å². The minimum absolute atomic E-state index is 0.0334. The summed E-state index contributed by atoms with van der Waals surface area (Å²) in [6.07, 6.45) is 0. The molecule has 0 unspecified atom stereocenters. The van der Waals surface area contributed by atoms with E-state index in [4.69, 9.17) is 5.11 Å². The van der Waals surface area contributed by atoms with Crippen LogP contribution < -0.4 is 10.2 Å². The van der Waals surface area contributed by atoms with Gasteiger partial charge >= 0.3 is 6.56 Å². The predicted octanol–water partition coefficient (Wildman–Crippen LogP) is -1.16. The summed E-state index contributed by atoms with van der Waals surface area (Å²) in [6, 6.07) is 8.71. The zero-order valence-corrected chi connectivity index (χ0v) is 8.37. The van der Waals surface area contributed by atoms with E-state index in [1.165, 1.54) is 0 Å². The highest BCUT2D eigenvalue weighted by Gasteiger charge is 2.12. The maximum Gasteiger partial charge on any atom is 0.337 e. The van der Waals surface area contributed by atoms with Gasteiger partial charge < -0.3 is 5.11 Å². The van der Waals surface area contributed by atoms with Crippen molar-refractivity contribution in [1.82, 2.24) is 4.72 Å². The van der Waals surface area contributed by atoms with Crippen LogP contribution in [0.25, 0.3) is 0 Å². The maximum absolute atomic E-state index is 11.3. The first kappa shape index (κ1) is 11.2. The molecule has 1 radical (unpaired) electrons. The smallest absolute Gasteiger partial charge is 0.337 e. The molecule has 0 heterocycles. The summed E-state index contributed by atoms with van der Waals surface area (Å²) in [5.74, 6) is 0. The van der Waals surface area contributed by atoms with Gasteiger partial charge in [0.25, 0.3) is 0 Å². The van der Waals surface area contributed by atoms with E-state index in [2.05, 4.69) is 4.72 Å². The molecule has 0 aliphatic rings. The second-order valence-electron chi connectivity index (χ2n) is 2.69. The van der Waals surface area contributed by atoms with Crippen molar-refractivity contribution in [1.29, 1.82) is 0 Å². The molecule has 0 aliphatic carbocycles. The monoisotopic (exact) mass is 212 g/mol. The Kier molecular flexibility index (Phi) is 4.12. The minimum Gasteiger partial charge on any atom is -0.395 e. The molecule has 4 nitrogen and oxygen atoms in total. The van der Waals surface area contributed by atoms with Crippen molar-refractivity contribution in [3.05, 3.63) is 30.3 Å². The fourth-order valence-corrected chi connectivity index (χ4v) is 1.91. The third kappa shape index (κ3) is 3.91. The van der Waals surface area contributed by atoms with Crippen LogP contribution in [0.5, 0.6) is 0 Å². The van der Waals surface area contributed by atoms with Crippen molar-refractivity contribution in [2.75, 3.05) is 13.2 Å². The van der Waals surface area contributed by atoms with E-state index in [1.54, 1.807) is 24.3 Å². The number of benzene rings is 1. The quantitative estimate of drug-likeness (QED) is 0.605. The summed E-state index contributed by atoms with van der Waals surface area (Å²) in [5, 5.41) is 8.45. The van der Waals surface area contributed by atoms with Crippen LogP contribution in [-0.2, 0) is 9.87 Å². The normalized spacial score (nSPS) is 11.2. The van der Waals surface area contributed by atoms with E-state index in [1.807, 2.05) is 6.07 Å². The van der Waals surface area contributed by atoms with E-state index in [0.29, 0.717) is 5.46 Å². The SMILES string of the molecule is O=S(=O)([B]c1ccccc1)NCCO. The van der Waals surface area contributed by atoms with Gasteiger partial charge in [-0.15, -0.1) is 0 Å². The molecule has 0 fully saturated rings. The molecule has 1 rings (SSSR count). The molecule has 6 heteroatoms. The van der Waals surface area contributed by atoms with Crippen molar-refractivity contribution < 1.29 is 13.5 Å². The van der Waals surface area contributed by atoms with Gasteiger partial charge in [-0.05, 0) is 0 Å². The van der Waals surface area contributed by atoms with Gasteiger partial charge in [-0.1, -0.05) is 35.8 Å². The molecular weight excluding hydrogens is 201 g/mol. The molecule has 0 saturated heterocycles. The first-order chi connectivity index (χ1) is 6.64. The first-order valence-electron chi connectivity index (χ1n) is 4.14. The molecule has 0 aliphatic heterocycles. The summed E-state index contributed by atoms with van der Waals surface area (Å²) < 4.78 is 24.8. The number of nitrogens with one attached hydrogen (secondary N) is 1. The average Bonchev–Trinajstić information content (AvgIpc) is 2.16. The Hall–Kier alpha value is -0.845. The van der Waals surface area contributed by atoms with Gasteiger partial charge in [0.15, 0.2) is 9.87 Å². The van der Waals surface area contributed by atoms with Crippen molar-refractivity contribution in [3.8, 4) is 0 Å². The fraction of sp³-hybridized carbons (Fsp3) is 0.250. The molecular formula is C8H11BNO3S. The summed E-state index contributed by atoms with van der Waals surface area (Å²) in [6.45, 7) is 0.955. The Morgan fingerprint density at radius 1 is 1.29 bits per heavy atom. The van der Waals surface area contributed by atoms with Crippen LogP contribution in [0, 0.1) is 0 Å². The Bertz CT molecular complexity index is 365. The average molecular weight is 212 g/mol. The predicted molar refractivity (Wildman–Crippen MR) is 55.8 cm³/mol. The molecule has 0 saturated carbocycles. The molecule has 2 N–H and O–H groups in total. The summed E-state index contributed by atoms with van der Waals surface area (Å²) in [7, 11) is -3.43. The van der Waals surface area contributed by atoms with Crippen molar-refractivity contribution in [3.63, 3.8) is 0 Å². The number of hydrogen-bond acceptors (Lipinski definition) is 3. The number of rotatable bonds is 5. The Labute approximate surface area is 84.2 Å². The van der Waals surface area contributed by atoms with Crippen LogP contribution in [0.1, 0.15) is 0 Å². The van der Waals surface area contributed by atoms with E-state index < -0.39 is 9.87 Å². The molecule has 14 heavy (non-hydrogen) atoms. The van der Waals surface area contributed by atoms with Crippen LogP contribution in [-0.4, -0.2) is 33.2 Å². The van der Waals surface area contributed by atoms with Gasteiger partial charge in [-0.3, -0.25) is 0 Å². The van der Waals surface area contributed by atoms with Crippen LogP contribution in [0.3, 0.4) is 0 Å². The first-order valence-corrected chi connectivity index (χ1v) is 5.69. The van der Waals surface area contributed by atoms with Crippen LogP contribution in [0.2, 0.25) is 0 Å². The van der Waals surface area contributed by atoms with Gasteiger partial charge in [0.1, 0.15) is 0 Å². The highest BCUT2D eigenvalue weighted by atomic mass is 32.2. The molecule has 0 amide bonds. The molecule has 0 aromatic heterocycles. The molecule has 0 atom stereocenters. The second-order valence-corrected chi connectivity index (χ2v) is 4.31. The minimum atomic E-state index is -3.43. The maximum atomic E-state index is 11.3. The molecule has 0 bridgehead atoms. The summed E-state index contributed by atoms with van der Waals surface area (Å²) >= 11 is 0. The van der Waals surface area contributed by atoms with E-state index in [9.17, 15) is 8.42 Å². The molecule has 75 valence electrons. The lowest BCUT2D eigenvalue weighted by Crippen LogP contribution is -2.36. The fourth-order valence-electron chi connectivity index (χ4n) is 0.940. The third-order valence-corrected chi connectivity index (χ3v) is 2.69. The standard InChI is InChI=1S/C8H11BNO3S/c11-7-6-10-14(12,13)9-8-4-2-1-3-5-8/h1-5,10-11H,6-7H2. The lowest BCUT2D eigenvalue weighted by atomic mass is 9.95. The van der Waals surface area contributed by atoms with Crippen LogP contribution in [0.15, 0.2) is 30.3 Å². The van der Waals surface area contributed by atoms with Crippen LogP contribution in [0.4, 0.5) is 0 Å². The molecule has 1 aromatic rings. The summed E-state index contributed by atoms with van der Waals surface area (Å²) in [4.78, 5) is 0. The number of hydrogen-bond donors (Lipinski definition) is 2. The Balaban J connectivity index is 2.60. The second kappa shape index (κ2) is 5.14. The topological polar surface area (TPSA) is 66.4 Å². The largest absolute Gasteiger partial charge is 0.395 e. The molecule has 1 aromatic carbocycles. The van der Waals surface area contributed by atoms with Crippen molar-refractivity contribution >= 4 is 21.9 Å². The Morgan fingerprint density at radius 2 is 1.93 bits per heavy atom. The zero-order valence-electron chi connectivity index (χ0n) is 7.55. The van der Waals surface area contributed by atoms with Crippen LogP contribution >= 0.6 is 0 Å². The van der Waals surface area contributed by atoms with E-state index >= 15 is 0 Å². The lowest BCUT2D eigenvalue weighted by Gasteiger charge is -2.03. The van der Waals surface area contributed by atoms with Gasteiger partial charge in [0, 0.05) is 6.54 Å². The summed E-state index contributed by atoms with van der Waals surface area (Å²) in [5.41, 5.74) is 0.609. The molecule has 0 spiro atoms. The third-order valence-electron chi connectivity index (χ3n) is 1.51. The van der Waals surface area contributed by atoms with E-state index in [0.717, 1.165) is 6.56 Å². The van der Waals surface area contributed by atoms with Crippen molar-refractivity contribution in [2.24, 2.45) is 0 Å². The highest BCUT2D eigenvalue weighted by molar-refractivity contribution is 8.14. The van der Waals surface area contributed by atoms with Gasteiger partial charge in [-0.2, -0.15) is 0 Å². The Morgan fingerprint density at radius 3 is 2.50 bits per heavy atom. The number of aliphatic hydroxyl groups is 1. The van der Waals surface area contributed by atoms with E-state index in [-0.39, 0.29) is 13.2 Å². The highest BCUT2D eigenvalue weighted by Crippen LogP contribution is 1.85. The van der Waals surface area contributed by atoms with Crippen molar-refractivity contribution in [2.45, 2.75) is 0 Å².